The van der Waals surface area contributed by atoms with Gasteiger partial charge in [0, 0.05) is 12.5 Å². The topological polar surface area (TPSA) is 38.3 Å². The summed E-state index contributed by atoms with van der Waals surface area (Å²) in [6.07, 6.45) is 2.60. The molecular formula is C19H20FNO2. The zero-order chi connectivity index (χ0) is 16.1. The summed E-state index contributed by atoms with van der Waals surface area (Å²) in [5, 5.41) is 2.87. The highest BCUT2D eigenvalue weighted by atomic mass is 19.1. The van der Waals surface area contributed by atoms with Gasteiger partial charge >= 0.3 is 0 Å². The summed E-state index contributed by atoms with van der Waals surface area (Å²) in [7, 11) is 0. The van der Waals surface area contributed by atoms with Crippen molar-refractivity contribution in [2.75, 3.05) is 13.2 Å². The van der Waals surface area contributed by atoms with Crippen LogP contribution in [-0.4, -0.2) is 19.1 Å². The molecule has 1 aliphatic rings. The summed E-state index contributed by atoms with van der Waals surface area (Å²) in [6.45, 7) is 0.750. The Kier molecular flexibility index (Phi) is 4.91. The van der Waals surface area contributed by atoms with E-state index in [9.17, 15) is 9.18 Å². The number of fused-ring (bicyclic) bond motifs is 1. The van der Waals surface area contributed by atoms with Gasteiger partial charge in [0.1, 0.15) is 18.2 Å². The molecule has 4 heteroatoms. The molecule has 0 bridgehead atoms. The smallest absolute Gasteiger partial charge is 0.220 e. The van der Waals surface area contributed by atoms with Crippen LogP contribution in [0.3, 0.4) is 0 Å². The van der Waals surface area contributed by atoms with Crippen LogP contribution < -0.4 is 10.1 Å². The number of nitrogens with one attached hydrogen (secondary N) is 1. The third kappa shape index (κ3) is 4.09. The largest absolute Gasteiger partial charge is 0.492 e. The minimum Gasteiger partial charge on any atom is -0.492 e. The minimum absolute atomic E-state index is 0.0366. The number of halogens is 1. The second-order valence-corrected chi connectivity index (χ2v) is 5.79. The second kappa shape index (κ2) is 7.27. The lowest BCUT2D eigenvalue weighted by Gasteiger charge is -2.12. The molecule has 3 nitrogen and oxygen atoms in total. The van der Waals surface area contributed by atoms with E-state index in [1.807, 2.05) is 12.1 Å². The molecule has 2 aromatic rings. The quantitative estimate of drug-likeness (QED) is 0.830. The number of ether oxygens (including phenoxy) is 1. The van der Waals surface area contributed by atoms with Crippen molar-refractivity contribution in [2.45, 2.75) is 25.2 Å². The van der Waals surface area contributed by atoms with Crippen LogP contribution in [-0.2, 0) is 11.2 Å². The lowest BCUT2D eigenvalue weighted by molar-refractivity contribution is -0.121. The van der Waals surface area contributed by atoms with Crippen molar-refractivity contribution in [1.82, 2.24) is 5.32 Å². The van der Waals surface area contributed by atoms with Crippen LogP contribution in [0.25, 0.3) is 0 Å². The molecule has 0 radical (unpaired) electrons. The van der Waals surface area contributed by atoms with Crippen LogP contribution in [0.15, 0.2) is 48.5 Å². The molecule has 0 fully saturated rings. The predicted octanol–water partition coefficient (Wildman–Crippen LogP) is 3.44. The summed E-state index contributed by atoms with van der Waals surface area (Å²) in [6, 6.07) is 14.3. The Labute approximate surface area is 135 Å². The molecular weight excluding hydrogens is 293 g/mol. The van der Waals surface area contributed by atoms with Gasteiger partial charge in [-0.05, 0) is 42.0 Å². The van der Waals surface area contributed by atoms with Crippen molar-refractivity contribution >= 4 is 5.91 Å². The van der Waals surface area contributed by atoms with Crippen LogP contribution >= 0.6 is 0 Å². The highest BCUT2D eigenvalue weighted by Crippen LogP contribution is 2.34. The standard InChI is InChI=1S/C19H20FNO2/c20-16-5-3-6-17(13-16)23-11-10-21-19(22)12-15-9-8-14-4-1-2-7-18(14)15/h1-7,13,15H,8-12H2,(H,21,22). The van der Waals surface area contributed by atoms with Crippen LogP contribution in [0, 0.1) is 5.82 Å². The third-order valence-corrected chi connectivity index (χ3v) is 4.18. The number of carbonyl (C=O) groups excluding carboxylic acids is 1. The molecule has 1 aliphatic carbocycles. The first-order valence-corrected chi connectivity index (χ1v) is 7.95. The maximum Gasteiger partial charge on any atom is 0.220 e. The molecule has 0 saturated heterocycles. The van der Waals surface area contributed by atoms with E-state index in [2.05, 4.69) is 17.4 Å². The van der Waals surface area contributed by atoms with Crippen molar-refractivity contribution in [1.29, 1.82) is 0 Å². The molecule has 1 unspecified atom stereocenters. The first-order chi connectivity index (χ1) is 11.2. The van der Waals surface area contributed by atoms with Crippen molar-refractivity contribution in [3.63, 3.8) is 0 Å². The van der Waals surface area contributed by atoms with Crippen molar-refractivity contribution in [3.8, 4) is 5.75 Å². The summed E-state index contributed by atoms with van der Waals surface area (Å²) in [4.78, 5) is 12.0. The molecule has 2 aromatic carbocycles. The van der Waals surface area contributed by atoms with Gasteiger partial charge in [0.15, 0.2) is 0 Å². The average Bonchev–Trinajstić information content (AvgIpc) is 2.95. The van der Waals surface area contributed by atoms with E-state index >= 15 is 0 Å². The first kappa shape index (κ1) is 15.5. The Bertz CT molecular complexity index is 687. The monoisotopic (exact) mass is 313 g/mol. The molecule has 23 heavy (non-hydrogen) atoms. The van der Waals surface area contributed by atoms with Gasteiger partial charge in [0.25, 0.3) is 0 Å². The minimum atomic E-state index is -0.327. The number of hydrogen-bond donors (Lipinski definition) is 1. The molecule has 0 saturated carbocycles. The third-order valence-electron chi connectivity index (χ3n) is 4.18. The van der Waals surface area contributed by atoms with Crippen LogP contribution in [0.1, 0.15) is 29.9 Å². The van der Waals surface area contributed by atoms with E-state index in [1.165, 1.54) is 23.3 Å². The molecule has 0 aliphatic heterocycles. The van der Waals surface area contributed by atoms with E-state index in [0.717, 1.165) is 12.8 Å². The highest BCUT2D eigenvalue weighted by molar-refractivity contribution is 5.77. The fourth-order valence-electron chi connectivity index (χ4n) is 3.07. The van der Waals surface area contributed by atoms with Crippen molar-refractivity contribution in [3.05, 3.63) is 65.5 Å². The number of hydrogen-bond acceptors (Lipinski definition) is 2. The second-order valence-electron chi connectivity index (χ2n) is 5.79. The Balaban J connectivity index is 1.41. The van der Waals surface area contributed by atoms with Gasteiger partial charge in [-0.2, -0.15) is 0 Å². The Morgan fingerprint density at radius 3 is 2.96 bits per heavy atom. The van der Waals surface area contributed by atoms with E-state index in [4.69, 9.17) is 4.74 Å². The highest BCUT2D eigenvalue weighted by Gasteiger charge is 2.23. The normalized spacial score (nSPS) is 16.0. The lowest BCUT2D eigenvalue weighted by Crippen LogP contribution is -2.29. The summed E-state index contributed by atoms with van der Waals surface area (Å²) < 4.78 is 18.4. The molecule has 3 rings (SSSR count). The number of aryl methyl sites for hydroxylation is 1. The molecule has 1 atom stereocenters. The lowest BCUT2D eigenvalue weighted by atomic mass is 9.97. The van der Waals surface area contributed by atoms with Gasteiger partial charge in [0.05, 0.1) is 6.54 Å². The maximum absolute atomic E-state index is 13.0. The molecule has 0 aromatic heterocycles. The number of rotatable bonds is 6. The summed E-state index contributed by atoms with van der Waals surface area (Å²) in [5.74, 6) is 0.500. The van der Waals surface area contributed by atoms with Gasteiger partial charge in [0.2, 0.25) is 5.91 Å². The van der Waals surface area contributed by atoms with Crippen LogP contribution in [0.4, 0.5) is 4.39 Å². The fraction of sp³-hybridized carbons (Fsp3) is 0.316. The van der Waals surface area contributed by atoms with Gasteiger partial charge in [-0.15, -0.1) is 0 Å². The molecule has 120 valence electrons. The van der Waals surface area contributed by atoms with Gasteiger partial charge in [-0.1, -0.05) is 30.3 Å². The zero-order valence-electron chi connectivity index (χ0n) is 12.9. The van der Waals surface area contributed by atoms with Crippen LogP contribution in [0.5, 0.6) is 5.75 Å². The summed E-state index contributed by atoms with van der Waals surface area (Å²) >= 11 is 0. The number of carbonyl (C=O) groups is 1. The van der Waals surface area contributed by atoms with Gasteiger partial charge in [-0.25, -0.2) is 4.39 Å². The number of benzene rings is 2. The summed E-state index contributed by atoms with van der Waals surface area (Å²) in [5.41, 5.74) is 2.67. The molecule has 1 amide bonds. The number of amides is 1. The van der Waals surface area contributed by atoms with E-state index in [-0.39, 0.29) is 11.7 Å². The Morgan fingerprint density at radius 2 is 2.09 bits per heavy atom. The van der Waals surface area contributed by atoms with Gasteiger partial charge < -0.3 is 10.1 Å². The van der Waals surface area contributed by atoms with Gasteiger partial charge in [-0.3, -0.25) is 4.79 Å². The first-order valence-electron chi connectivity index (χ1n) is 7.95. The molecule has 1 N–H and O–H groups in total. The Morgan fingerprint density at radius 1 is 1.22 bits per heavy atom. The maximum atomic E-state index is 13.0. The molecule has 0 spiro atoms. The van der Waals surface area contributed by atoms with E-state index < -0.39 is 0 Å². The zero-order valence-corrected chi connectivity index (χ0v) is 12.9. The average molecular weight is 313 g/mol. The fourth-order valence-corrected chi connectivity index (χ4v) is 3.07. The van der Waals surface area contributed by atoms with Crippen molar-refractivity contribution in [2.24, 2.45) is 0 Å². The predicted molar refractivity (Wildman–Crippen MR) is 87.0 cm³/mol. The van der Waals surface area contributed by atoms with E-state index in [1.54, 1.807) is 12.1 Å². The Hall–Kier alpha value is -2.36. The SMILES string of the molecule is O=C(CC1CCc2ccccc21)NCCOc1cccc(F)c1. The van der Waals surface area contributed by atoms with E-state index in [0.29, 0.717) is 31.2 Å². The van der Waals surface area contributed by atoms with Crippen LogP contribution in [0.2, 0.25) is 0 Å². The molecule has 0 heterocycles. The van der Waals surface area contributed by atoms with Crippen molar-refractivity contribution < 1.29 is 13.9 Å².